The number of nitrogens with zero attached hydrogens (tertiary/aromatic N) is 3. The molecule has 3 aliphatic rings. The van der Waals surface area contributed by atoms with Crippen LogP contribution < -0.4 is 10.1 Å². The zero-order chi connectivity index (χ0) is 19.9. The molecule has 0 atom stereocenters. The number of ether oxygens (including phenoxy) is 1. The lowest BCUT2D eigenvalue weighted by Crippen LogP contribution is -2.60. The van der Waals surface area contributed by atoms with Crippen LogP contribution >= 0.6 is 0 Å². The molecule has 1 aromatic carbocycles. The van der Waals surface area contributed by atoms with Gasteiger partial charge in [0.25, 0.3) is 0 Å². The normalized spacial score (nSPS) is 21.0. The van der Waals surface area contributed by atoms with Crippen LogP contribution in [0.3, 0.4) is 0 Å². The Labute approximate surface area is 172 Å². The molecule has 0 bridgehead atoms. The first-order valence-corrected chi connectivity index (χ1v) is 11.0. The molecule has 154 valence electrons. The third kappa shape index (κ3) is 3.13. The Morgan fingerprint density at radius 2 is 1.93 bits per heavy atom. The Bertz CT molecular complexity index is 890. The number of benzene rings is 1. The summed E-state index contributed by atoms with van der Waals surface area (Å²) < 4.78 is 7.54. The van der Waals surface area contributed by atoms with Gasteiger partial charge in [0.05, 0.1) is 12.5 Å². The molecule has 1 N–H and O–H groups in total. The van der Waals surface area contributed by atoms with Gasteiger partial charge in [-0.05, 0) is 61.6 Å². The van der Waals surface area contributed by atoms with Crippen LogP contribution in [0.2, 0.25) is 0 Å². The third-order valence-electron chi connectivity index (χ3n) is 7.42. The van der Waals surface area contributed by atoms with Crippen molar-refractivity contribution in [1.82, 2.24) is 20.1 Å². The first-order valence-electron chi connectivity index (χ1n) is 11.0. The van der Waals surface area contributed by atoms with E-state index in [0.29, 0.717) is 12.0 Å². The van der Waals surface area contributed by atoms with Crippen LogP contribution in [0.25, 0.3) is 0 Å². The molecule has 2 heterocycles. The molecule has 1 aromatic heterocycles. The fourth-order valence-electron chi connectivity index (χ4n) is 5.68. The highest BCUT2D eigenvalue weighted by atomic mass is 16.5. The van der Waals surface area contributed by atoms with E-state index < -0.39 is 5.41 Å². The van der Waals surface area contributed by atoms with Crippen molar-refractivity contribution in [2.75, 3.05) is 13.7 Å². The van der Waals surface area contributed by atoms with E-state index in [4.69, 9.17) is 4.74 Å². The van der Waals surface area contributed by atoms with Crippen LogP contribution in [0.1, 0.15) is 62.2 Å². The van der Waals surface area contributed by atoms with Crippen LogP contribution in [0.5, 0.6) is 5.75 Å². The van der Waals surface area contributed by atoms with E-state index in [1.807, 2.05) is 12.1 Å². The number of methoxy groups -OCH3 is 1. The summed E-state index contributed by atoms with van der Waals surface area (Å²) in [5.74, 6) is 3.10. The molecule has 1 spiro atoms. The van der Waals surface area contributed by atoms with Crippen molar-refractivity contribution in [2.45, 2.75) is 69.7 Å². The molecule has 2 saturated carbocycles. The second-order valence-corrected chi connectivity index (χ2v) is 9.16. The molecule has 2 fully saturated rings. The number of rotatable bonds is 6. The molecule has 1 amide bonds. The Morgan fingerprint density at radius 3 is 2.62 bits per heavy atom. The standard InChI is InChI=1S/C23H30N4O2/c1-29-18-8-6-17(7-9-18)23(15-22(16-23)11-4-12-22)21(28)24-13-10-20-26-25-19-5-2-3-14-27(19)20/h6-9H,2-5,10-16H2,1H3,(H,24,28). The van der Waals surface area contributed by atoms with Gasteiger partial charge in [-0.15, -0.1) is 10.2 Å². The average Bonchev–Trinajstić information content (AvgIpc) is 3.10. The summed E-state index contributed by atoms with van der Waals surface area (Å²) in [6.45, 7) is 1.62. The summed E-state index contributed by atoms with van der Waals surface area (Å²) >= 11 is 0. The van der Waals surface area contributed by atoms with Crippen molar-refractivity contribution < 1.29 is 9.53 Å². The number of carbonyl (C=O) groups excluding carboxylic acids is 1. The maximum Gasteiger partial charge on any atom is 0.230 e. The summed E-state index contributed by atoms with van der Waals surface area (Å²) in [5.41, 5.74) is 1.13. The monoisotopic (exact) mass is 394 g/mol. The second kappa shape index (κ2) is 7.15. The van der Waals surface area contributed by atoms with Gasteiger partial charge >= 0.3 is 0 Å². The number of nitrogens with one attached hydrogen (secondary N) is 1. The lowest BCUT2D eigenvalue weighted by Gasteiger charge is -2.60. The van der Waals surface area contributed by atoms with Crippen molar-refractivity contribution in [1.29, 1.82) is 0 Å². The van der Waals surface area contributed by atoms with Gasteiger partial charge in [0.1, 0.15) is 17.4 Å². The SMILES string of the molecule is COc1ccc(C2(C(=O)NCCc3nnc4n3CCCC4)CC3(CCC3)C2)cc1. The van der Waals surface area contributed by atoms with Crippen molar-refractivity contribution in [3.8, 4) is 5.75 Å². The van der Waals surface area contributed by atoms with Crippen LogP contribution in [0, 0.1) is 5.41 Å². The first kappa shape index (κ1) is 18.6. The number of amides is 1. The van der Waals surface area contributed by atoms with Gasteiger partial charge in [0, 0.05) is 25.9 Å². The van der Waals surface area contributed by atoms with Crippen molar-refractivity contribution in [3.05, 3.63) is 41.5 Å². The molecule has 0 unspecified atom stereocenters. The number of fused-ring (bicyclic) bond motifs is 1. The maximum atomic E-state index is 13.4. The minimum atomic E-state index is -0.392. The highest BCUT2D eigenvalue weighted by molar-refractivity contribution is 5.90. The van der Waals surface area contributed by atoms with Gasteiger partial charge < -0.3 is 14.6 Å². The quantitative estimate of drug-likeness (QED) is 0.817. The van der Waals surface area contributed by atoms with Crippen LogP contribution in [0.4, 0.5) is 0 Å². The van der Waals surface area contributed by atoms with E-state index in [1.165, 1.54) is 32.1 Å². The molecule has 6 nitrogen and oxygen atoms in total. The zero-order valence-electron chi connectivity index (χ0n) is 17.2. The summed E-state index contributed by atoms with van der Waals surface area (Å²) in [6, 6.07) is 8.08. The van der Waals surface area contributed by atoms with Crippen molar-refractivity contribution >= 4 is 5.91 Å². The number of aromatic nitrogens is 3. The van der Waals surface area contributed by atoms with Crippen molar-refractivity contribution in [3.63, 3.8) is 0 Å². The predicted octanol–water partition coefficient (Wildman–Crippen LogP) is 3.18. The Hall–Kier alpha value is -2.37. The minimum absolute atomic E-state index is 0.165. The molecule has 0 radical (unpaired) electrons. The zero-order valence-corrected chi connectivity index (χ0v) is 17.2. The minimum Gasteiger partial charge on any atom is -0.497 e. The number of hydrogen-bond donors (Lipinski definition) is 1. The van der Waals surface area contributed by atoms with E-state index in [1.54, 1.807) is 7.11 Å². The smallest absolute Gasteiger partial charge is 0.230 e. The second-order valence-electron chi connectivity index (χ2n) is 9.16. The summed E-state index contributed by atoms with van der Waals surface area (Å²) in [7, 11) is 1.67. The lowest BCUT2D eigenvalue weighted by molar-refractivity contribution is -0.142. The van der Waals surface area contributed by atoms with Gasteiger partial charge in [-0.25, -0.2) is 0 Å². The van der Waals surface area contributed by atoms with Crippen LogP contribution in [-0.4, -0.2) is 34.3 Å². The van der Waals surface area contributed by atoms with E-state index in [9.17, 15) is 4.79 Å². The van der Waals surface area contributed by atoms with E-state index in [2.05, 4.69) is 32.2 Å². The molecular weight excluding hydrogens is 364 g/mol. The first-order chi connectivity index (χ1) is 14.1. The molecular formula is C23H30N4O2. The molecule has 0 saturated heterocycles. The van der Waals surface area contributed by atoms with Gasteiger partial charge in [0.15, 0.2) is 0 Å². The van der Waals surface area contributed by atoms with E-state index in [0.717, 1.165) is 55.2 Å². The van der Waals surface area contributed by atoms with E-state index >= 15 is 0 Å². The molecule has 6 heteroatoms. The fraction of sp³-hybridized carbons (Fsp3) is 0.609. The summed E-state index contributed by atoms with van der Waals surface area (Å²) in [6.07, 6.45) is 9.92. The highest BCUT2D eigenvalue weighted by Crippen LogP contribution is 2.65. The average molecular weight is 395 g/mol. The summed E-state index contributed by atoms with van der Waals surface area (Å²) in [4.78, 5) is 13.4. The predicted molar refractivity (Wildman–Crippen MR) is 110 cm³/mol. The highest BCUT2D eigenvalue weighted by Gasteiger charge is 2.61. The van der Waals surface area contributed by atoms with Gasteiger partial charge in [-0.2, -0.15) is 0 Å². The Morgan fingerprint density at radius 1 is 1.14 bits per heavy atom. The van der Waals surface area contributed by atoms with E-state index in [-0.39, 0.29) is 5.91 Å². The Balaban J connectivity index is 1.28. The van der Waals surface area contributed by atoms with Crippen molar-refractivity contribution in [2.24, 2.45) is 5.41 Å². The largest absolute Gasteiger partial charge is 0.497 e. The topological polar surface area (TPSA) is 69.0 Å². The molecule has 5 rings (SSSR count). The van der Waals surface area contributed by atoms with Gasteiger partial charge in [-0.3, -0.25) is 4.79 Å². The molecule has 29 heavy (non-hydrogen) atoms. The fourth-order valence-corrected chi connectivity index (χ4v) is 5.68. The summed E-state index contributed by atoms with van der Waals surface area (Å²) in [5, 5.41) is 11.9. The molecule has 2 aromatic rings. The van der Waals surface area contributed by atoms with Crippen LogP contribution in [-0.2, 0) is 29.6 Å². The number of aryl methyl sites for hydroxylation is 1. The maximum absolute atomic E-state index is 13.4. The molecule has 1 aliphatic heterocycles. The lowest BCUT2D eigenvalue weighted by atomic mass is 9.43. The van der Waals surface area contributed by atoms with Gasteiger partial charge in [0.2, 0.25) is 5.91 Å². The van der Waals surface area contributed by atoms with Crippen LogP contribution in [0.15, 0.2) is 24.3 Å². The third-order valence-corrected chi connectivity index (χ3v) is 7.42. The Kier molecular flexibility index (Phi) is 4.60. The number of carbonyl (C=O) groups is 1. The molecule has 2 aliphatic carbocycles. The van der Waals surface area contributed by atoms with Gasteiger partial charge in [-0.1, -0.05) is 18.6 Å². The number of hydrogen-bond acceptors (Lipinski definition) is 4.